The summed E-state index contributed by atoms with van der Waals surface area (Å²) in [5, 5.41) is 12.8. The van der Waals surface area contributed by atoms with Gasteiger partial charge in [-0.25, -0.2) is 4.98 Å². The molecule has 2 rings (SSSR count). The third-order valence-corrected chi connectivity index (χ3v) is 5.46. The Balaban J connectivity index is 2.22. The molecule has 6 nitrogen and oxygen atoms in total. The molecule has 23 heavy (non-hydrogen) atoms. The molecule has 1 amide bonds. The summed E-state index contributed by atoms with van der Waals surface area (Å²) in [5.41, 5.74) is 0.723. The SMILES string of the molecule is CC[C@H](C)[C@H](CO)NC(=O)Cn1cnc2sc(C)c(C)c2c1=O. The van der Waals surface area contributed by atoms with E-state index in [0.717, 1.165) is 16.9 Å². The van der Waals surface area contributed by atoms with Gasteiger partial charge in [0, 0.05) is 4.88 Å². The van der Waals surface area contributed by atoms with Gasteiger partial charge in [0.2, 0.25) is 5.91 Å². The first-order valence-electron chi connectivity index (χ1n) is 7.74. The average Bonchev–Trinajstić information content (AvgIpc) is 2.82. The fourth-order valence-electron chi connectivity index (χ4n) is 2.44. The van der Waals surface area contributed by atoms with Gasteiger partial charge in [-0.2, -0.15) is 0 Å². The molecule has 0 saturated heterocycles. The average molecular weight is 337 g/mol. The minimum atomic E-state index is -0.301. The molecular formula is C16H23N3O3S. The lowest BCUT2D eigenvalue weighted by molar-refractivity contribution is -0.123. The zero-order valence-corrected chi connectivity index (χ0v) is 14.7. The first-order valence-corrected chi connectivity index (χ1v) is 8.56. The molecule has 0 radical (unpaired) electrons. The highest BCUT2D eigenvalue weighted by atomic mass is 32.1. The molecule has 2 heterocycles. The summed E-state index contributed by atoms with van der Waals surface area (Å²) in [6, 6.07) is -0.301. The lowest BCUT2D eigenvalue weighted by Gasteiger charge is -2.22. The molecule has 0 fully saturated rings. The van der Waals surface area contributed by atoms with E-state index in [1.165, 1.54) is 22.2 Å². The molecule has 0 aliphatic heterocycles. The maximum absolute atomic E-state index is 12.5. The van der Waals surface area contributed by atoms with Crippen LogP contribution in [0, 0.1) is 19.8 Å². The van der Waals surface area contributed by atoms with E-state index in [1.807, 2.05) is 27.7 Å². The van der Waals surface area contributed by atoms with Gasteiger partial charge in [-0.15, -0.1) is 11.3 Å². The van der Waals surface area contributed by atoms with Crippen molar-refractivity contribution in [1.82, 2.24) is 14.9 Å². The highest BCUT2D eigenvalue weighted by Crippen LogP contribution is 2.25. The van der Waals surface area contributed by atoms with Crippen molar-refractivity contribution >= 4 is 27.5 Å². The zero-order chi connectivity index (χ0) is 17.1. The highest BCUT2D eigenvalue weighted by Gasteiger charge is 2.18. The molecule has 126 valence electrons. The second kappa shape index (κ2) is 7.23. The summed E-state index contributed by atoms with van der Waals surface area (Å²) in [7, 11) is 0. The smallest absolute Gasteiger partial charge is 0.262 e. The van der Waals surface area contributed by atoms with Crippen LogP contribution in [0.3, 0.4) is 0 Å². The van der Waals surface area contributed by atoms with E-state index in [1.54, 1.807) is 0 Å². The van der Waals surface area contributed by atoms with Crippen LogP contribution in [0.25, 0.3) is 10.2 Å². The predicted octanol–water partition coefficient (Wildman–Crippen LogP) is 1.60. The Hall–Kier alpha value is -1.73. The second-order valence-electron chi connectivity index (χ2n) is 5.88. The van der Waals surface area contributed by atoms with E-state index in [9.17, 15) is 14.7 Å². The number of aliphatic hydroxyl groups excluding tert-OH is 1. The first kappa shape index (κ1) is 17.6. The van der Waals surface area contributed by atoms with Gasteiger partial charge >= 0.3 is 0 Å². The van der Waals surface area contributed by atoms with E-state index in [-0.39, 0.29) is 36.6 Å². The number of carbonyl (C=O) groups is 1. The van der Waals surface area contributed by atoms with Gasteiger partial charge in [0.25, 0.3) is 5.56 Å². The maximum Gasteiger partial charge on any atom is 0.262 e. The van der Waals surface area contributed by atoms with Gasteiger partial charge < -0.3 is 10.4 Å². The van der Waals surface area contributed by atoms with Crippen LogP contribution in [0.15, 0.2) is 11.1 Å². The van der Waals surface area contributed by atoms with E-state index in [2.05, 4.69) is 10.3 Å². The molecule has 2 aromatic rings. The Bertz CT molecular complexity index is 766. The van der Waals surface area contributed by atoms with Crippen LogP contribution in [-0.2, 0) is 11.3 Å². The number of nitrogens with zero attached hydrogens (tertiary/aromatic N) is 2. The number of amides is 1. The number of fused-ring (bicyclic) bond motifs is 1. The third kappa shape index (κ3) is 3.61. The lowest BCUT2D eigenvalue weighted by atomic mass is 10.00. The minimum absolute atomic E-state index is 0.0942. The largest absolute Gasteiger partial charge is 0.394 e. The standard InChI is InChI=1S/C16H23N3O3S/c1-5-9(2)12(7-20)18-13(21)6-19-8-17-15-14(16(19)22)10(3)11(4)23-15/h8-9,12,20H,5-7H2,1-4H3,(H,18,21)/t9-,12-/m0/s1. The Morgan fingerprint density at radius 1 is 1.48 bits per heavy atom. The van der Waals surface area contributed by atoms with Crippen molar-refractivity contribution in [1.29, 1.82) is 0 Å². The molecule has 0 spiro atoms. The summed E-state index contributed by atoms with van der Waals surface area (Å²) in [6.45, 7) is 7.61. The molecule has 2 atom stereocenters. The Labute approximate surface area is 139 Å². The highest BCUT2D eigenvalue weighted by molar-refractivity contribution is 7.18. The summed E-state index contributed by atoms with van der Waals surface area (Å²) in [6.07, 6.45) is 2.27. The molecule has 0 aromatic carbocycles. The van der Waals surface area contributed by atoms with Gasteiger partial charge in [-0.1, -0.05) is 20.3 Å². The fraction of sp³-hybridized carbons (Fsp3) is 0.562. The van der Waals surface area contributed by atoms with Crippen LogP contribution >= 0.6 is 11.3 Å². The summed E-state index contributed by atoms with van der Waals surface area (Å²) < 4.78 is 1.32. The molecule has 7 heteroatoms. The van der Waals surface area contributed by atoms with Gasteiger partial charge in [0.15, 0.2) is 0 Å². The number of nitrogens with one attached hydrogen (secondary N) is 1. The number of aryl methyl sites for hydroxylation is 2. The van der Waals surface area contributed by atoms with E-state index < -0.39 is 0 Å². The third-order valence-electron chi connectivity index (χ3n) is 4.34. The van der Waals surface area contributed by atoms with E-state index in [0.29, 0.717) is 10.2 Å². The molecule has 0 aliphatic rings. The lowest BCUT2D eigenvalue weighted by Crippen LogP contribution is -2.44. The van der Waals surface area contributed by atoms with E-state index in [4.69, 9.17) is 0 Å². The molecule has 0 bridgehead atoms. The van der Waals surface area contributed by atoms with Gasteiger partial charge in [0.1, 0.15) is 11.4 Å². The Morgan fingerprint density at radius 3 is 2.78 bits per heavy atom. The van der Waals surface area contributed by atoms with Crippen molar-refractivity contribution in [3.05, 3.63) is 27.1 Å². The normalized spacial score (nSPS) is 14.0. The molecule has 2 N–H and O–H groups in total. The van der Waals surface area contributed by atoms with Gasteiger partial charge in [-0.3, -0.25) is 14.2 Å². The molecule has 0 aliphatic carbocycles. The van der Waals surface area contributed by atoms with Crippen molar-refractivity contribution in [2.45, 2.75) is 46.7 Å². The summed E-state index contributed by atoms with van der Waals surface area (Å²) >= 11 is 1.48. The van der Waals surface area contributed by atoms with Gasteiger partial charge in [-0.05, 0) is 25.3 Å². The number of aliphatic hydroxyl groups is 1. The fourth-order valence-corrected chi connectivity index (χ4v) is 3.43. The van der Waals surface area contributed by atoms with Crippen LogP contribution in [0.5, 0.6) is 0 Å². The second-order valence-corrected chi connectivity index (χ2v) is 7.09. The van der Waals surface area contributed by atoms with Crippen LogP contribution in [0.1, 0.15) is 30.7 Å². The molecule has 2 aromatic heterocycles. The number of rotatable bonds is 6. The van der Waals surface area contributed by atoms with Crippen molar-refractivity contribution in [3.8, 4) is 0 Å². The number of hydrogen-bond acceptors (Lipinski definition) is 5. The van der Waals surface area contributed by atoms with Crippen LogP contribution in [0.4, 0.5) is 0 Å². The molecular weight excluding hydrogens is 314 g/mol. The number of carbonyl (C=O) groups excluding carboxylic acids is 1. The first-order chi connectivity index (χ1) is 10.9. The van der Waals surface area contributed by atoms with Crippen molar-refractivity contribution in [2.75, 3.05) is 6.61 Å². The van der Waals surface area contributed by atoms with Gasteiger partial charge in [0.05, 0.1) is 24.4 Å². The summed E-state index contributed by atoms with van der Waals surface area (Å²) in [4.78, 5) is 30.8. The number of aromatic nitrogens is 2. The number of hydrogen-bond donors (Lipinski definition) is 2. The van der Waals surface area contributed by atoms with Crippen LogP contribution in [-0.4, -0.2) is 33.2 Å². The van der Waals surface area contributed by atoms with Crippen molar-refractivity contribution in [3.63, 3.8) is 0 Å². The monoisotopic (exact) mass is 337 g/mol. The molecule has 0 saturated carbocycles. The van der Waals surface area contributed by atoms with E-state index >= 15 is 0 Å². The zero-order valence-electron chi connectivity index (χ0n) is 13.9. The Kier molecular flexibility index (Phi) is 5.54. The van der Waals surface area contributed by atoms with Crippen LogP contribution in [0.2, 0.25) is 0 Å². The predicted molar refractivity (Wildman–Crippen MR) is 91.8 cm³/mol. The van der Waals surface area contributed by atoms with Crippen LogP contribution < -0.4 is 10.9 Å². The number of thiophene rings is 1. The summed E-state index contributed by atoms with van der Waals surface area (Å²) in [5.74, 6) is -0.125. The minimum Gasteiger partial charge on any atom is -0.394 e. The van der Waals surface area contributed by atoms with Crippen molar-refractivity contribution in [2.24, 2.45) is 5.92 Å². The maximum atomic E-state index is 12.5. The topological polar surface area (TPSA) is 84.2 Å². The Morgan fingerprint density at radius 2 is 2.17 bits per heavy atom. The molecule has 0 unspecified atom stereocenters. The van der Waals surface area contributed by atoms with Crippen molar-refractivity contribution < 1.29 is 9.90 Å². The quantitative estimate of drug-likeness (QED) is 0.838.